The Balaban J connectivity index is 1.38. The summed E-state index contributed by atoms with van der Waals surface area (Å²) in [7, 11) is 0. The molecule has 0 spiro atoms. The molecule has 0 fully saturated rings. The van der Waals surface area contributed by atoms with Crippen molar-refractivity contribution in [3.05, 3.63) is 73.6 Å². The van der Waals surface area contributed by atoms with Gasteiger partial charge in [0.25, 0.3) is 0 Å². The van der Waals surface area contributed by atoms with Gasteiger partial charge in [0.15, 0.2) is 5.82 Å². The summed E-state index contributed by atoms with van der Waals surface area (Å²) in [5.41, 5.74) is 7.68. The van der Waals surface area contributed by atoms with Crippen molar-refractivity contribution in [3.63, 3.8) is 0 Å². The number of pyridine rings is 3. The lowest BCUT2D eigenvalue weighted by Gasteiger charge is -2.09. The molecule has 1 amide bonds. The van der Waals surface area contributed by atoms with Gasteiger partial charge < -0.3 is 10.3 Å². The highest BCUT2D eigenvalue weighted by Gasteiger charge is 2.16. The minimum atomic E-state index is -0.0213. The average molecular weight is 489 g/mol. The number of carbonyl (C=O) groups excluding carboxylic acids is 1. The lowest BCUT2D eigenvalue weighted by atomic mass is 10.0. The molecular formula is C28H24N8O. The largest absolute Gasteiger partial charge is 0.335 e. The number of rotatable bonds is 6. The zero-order valence-corrected chi connectivity index (χ0v) is 20.4. The number of anilines is 1. The van der Waals surface area contributed by atoms with Crippen molar-refractivity contribution in [2.75, 3.05) is 5.32 Å². The van der Waals surface area contributed by atoms with Gasteiger partial charge in [-0.25, -0.2) is 4.98 Å². The fourth-order valence-corrected chi connectivity index (χ4v) is 4.41. The first-order chi connectivity index (χ1) is 18.0. The van der Waals surface area contributed by atoms with Crippen molar-refractivity contribution < 1.29 is 4.79 Å². The molecule has 5 heterocycles. The number of H-pyrrole nitrogens is 2. The van der Waals surface area contributed by atoms with E-state index in [-0.39, 0.29) is 11.8 Å². The second-order valence-corrected chi connectivity index (χ2v) is 9.35. The lowest BCUT2D eigenvalue weighted by molar-refractivity contribution is -0.116. The third-order valence-corrected chi connectivity index (χ3v) is 6.12. The van der Waals surface area contributed by atoms with E-state index >= 15 is 0 Å². The summed E-state index contributed by atoms with van der Waals surface area (Å²) in [5.74, 6) is 0.912. The third-order valence-electron chi connectivity index (χ3n) is 6.12. The first-order valence-electron chi connectivity index (χ1n) is 12.0. The summed E-state index contributed by atoms with van der Waals surface area (Å²) in [6, 6.07) is 11.9. The van der Waals surface area contributed by atoms with Crippen molar-refractivity contribution in [1.82, 2.24) is 35.1 Å². The Morgan fingerprint density at radius 1 is 0.892 bits per heavy atom. The summed E-state index contributed by atoms with van der Waals surface area (Å²) >= 11 is 0. The minimum Gasteiger partial charge on any atom is -0.335 e. The normalized spacial score (nSPS) is 11.4. The number of aromatic amines is 2. The molecule has 0 bridgehead atoms. The number of benzene rings is 1. The Morgan fingerprint density at radius 3 is 2.57 bits per heavy atom. The van der Waals surface area contributed by atoms with Gasteiger partial charge in [-0.15, -0.1) is 0 Å². The second-order valence-electron chi connectivity index (χ2n) is 9.35. The van der Waals surface area contributed by atoms with Crippen molar-refractivity contribution in [2.45, 2.75) is 20.3 Å². The quantitative estimate of drug-likeness (QED) is 0.280. The van der Waals surface area contributed by atoms with Crippen LogP contribution >= 0.6 is 0 Å². The number of imidazole rings is 1. The molecule has 6 rings (SSSR count). The molecular weight excluding hydrogens is 464 g/mol. The smallest absolute Gasteiger partial charge is 0.224 e. The first kappa shape index (κ1) is 22.5. The van der Waals surface area contributed by atoms with E-state index in [1.807, 2.05) is 50.4 Å². The van der Waals surface area contributed by atoms with Crippen LogP contribution < -0.4 is 5.32 Å². The van der Waals surface area contributed by atoms with Crippen LogP contribution in [0.3, 0.4) is 0 Å². The molecule has 0 unspecified atom stereocenters. The fraction of sp³-hybridized carbons (Fsp3) is 0.143. The molecule has 1 aromatic carbocycles. The average Bonchev–Trinajstić information content (AvgIpc) is 3.52. The maximum absolute atomic E-state index is 12.2. The topological polar surface area (TPSA) is 125 Å². The third kappa shape index (κ3) is 4.42. The van der Waals surface area contributed by atoms with Gasteiger partial charge in [-0.2, -0.15) is 5.10 Å². The van der Waals surface area contributed by atoms with Crippen LogP contribution in [0, 0.1) is 5.92 Å². The number of hydrogen-bond donors (Lipinski definition) is 3. The number of nitrogens with one attached hydrogen (secondary N) is 3. The van der Waals surface area contributed by atoms with E-state index in [1.165, 1.54) is 0 Å². The van der Waals surface area contributed by atoms with Crippen LogP contribution in [-0.4, -0.2) is 41.0 Å². The number of fused-ring (bicyclic) bond motifs is 2. The van der Waals surface area contributed by atoms with Gasteiger partial charge >= 0.3 is 0 Å². The molecule has 3 N–H and O–H groups in total. The molecule has 0 radical (unpaired) electrons. The van der Waals surface area contributed by atoms with Crippen LogP contribution in [-0.2, 0) is 4.79 Å². The molecule has 0 saturated carbocycles. The van der Waals surface area contributed by atoms with Crippen molar-refractivity contribution in [3.8, 4) is 33.8 Å². The number of hydrogen-bond acceptors (Lipinski definition) is 6. The predicted octanol–water partition coefficient (Wildman–Crippen LogP) is 5.61. The van der Waals surface area contributed by atoms with Crippen LogP contribution in [0.4, 0.5) is 5.69 Å². The summed E-state index contributed by atoms with van der Waals surface area (Å²) in [6.45, 7) is 4.04. The standard InChI is InChI=1S/C28H24N8O/c1-16(2)9-25(37)32-20-10-19(12-30-13-20)18-3-4-23-21(11-18)27(36-35-23)28-33-24-15-31-14-22(26(24)34-28)17-5-7-29-8-6-17/h3-8,10-16H,9H2,1-2H3,(H,32,37)(H,33,34)(H,35,36). The van der Waals surface area contributed by atoms with E-state index in [9.17, 15) is 4.79 Å². The number of nitrogens with zero attached hydrogens (tertiary/aromatic N) is 5. The summed E-state index contributed by atoms with van der Waals surface area (Å²) < 4.78 is 0. The van der Waals surface area contributed by atoms with Crippen molar-refractivity contribution in [1.29, 1.82) is 0 Å². The molecule has 0 aliphatic carbocycles. The van der Waals surface area contributed by atoms with E-state index in [4.69, 9.17) is 4.98 Å². The van der Waals surface area contributed by atoms with E-state index in [0.717, 1.165) is 44.2 Å². The number of amides is 1. The van der Waals surface area contributed by atoms with Gasteiger partial charge in [0.1, 0.15) is 5.69 Å². The van der Waals surface area contributed by atoms with Crippen LogP contribution in [0.25, 0.3) is 55.7 Å². The van der Waals surface area contributed by atoms with Gasteiger partial charge in [-0.3, -0.25) is 24.8 Å². The van der Waals surface area contributed by atoms with E-state index in [0.29, 0.717) is 23.6 Å². The van der Waals surface area contributed by atoms with Crippen LogP contribution in [0.15, 0.2) is 73.6 Å². The van der Waals surface area contributed by atoms with Crippen LogP contribution in [0.5, 0.6) is 0 Å². The van der Waals surface area contributed by atoms with E-state index < -0.39 is 0 Å². The molecule has 0 atom stereocenters. The maximum atomic E-state index is 12.2. The molecule has 0 aliphatic heterocycles. The number of aromatic nitrogens is 7. The first-order valence-corrected chi connectivity index (χ1v) is 12.0. The Kier molecular flexibility index (Phi) is 5.65. The Morgan fingerprint density at radius 2 is 1.73 bits per heavy atom. The van der Waals surface area contributed by atoms with Crippen molar-refractivity contribution in [2.24, 2.45) is 5.92 Å². The summed E-state index contributed by atoms with van der Waals surface area (Å²) in [4.78, 5) is 33.3. The SMILES string of the molecule is CC(C)CC(=O)Nc1cncc(-c2ccc3[nH]nc(-c4nc5c(-c6ccncc6)cncc5[nH]4)c3c2)c1. The lowest BCUT2D eigenvalue weighted by Crippen LogP contribution is -2.13. The maximum Gasteiger partial charge on any atom is 0.224 e. The molecule has 0 aliphatic rings. The van der Waals surface area contributed by atoms with E-state index in [2.05, 4.69) is 41.5 Å². The highest BCUT2D eigenvalue weighted by Crippen LogP contribution is 2.33. The molecule has 6 aromatic rings. The molecule has 37 heavy (non-hydrogen) atoms. The van der Waals surface area contributed by atoms with Crippen molar-refractivity contribution >= 4 is 33.5 Å². The van der Waals surface area contributed by atoms with Crippen LogP contribution in [0.2, 0.25) is 0 Å². The number of carbonyl (C=O) groups is 1. The highest BCUT2D eigenvalue weighted by molar-refractivity contribution is 5.98. The predicted molar refractivity (Wildman–Crippen MR) is 144 cm³/mol. The minimum absolute atomic E-state index is 0.0213. The molecule has 9 heteroatoms. The molecule has 9 nitrogen and oxygen atoms in total. The zero-order chi connectivity index (χ0) is 25.4. The molecule has 182 valence electrons. The Labute approximate surface area is 212 Å². The van der Waals surface area contributed by atoms with Gasteiger partial charge in [0.05, 0.1) is 34.6 Å². The van der Waals surface area contributed by atoms with Gasteiger partial charge in [0, 0.05) is 47.7 Å². The van der Waals surface area contributed by atoms with E-state index in [1.54, 1.807) is 31.0 Å². The van der Waals surface area contributed by atoms with Gasteiger partial charge in [-0.05, 0) is 47.4 Å². The molecule has 5 aromatic heterocycles. The Hall–Kier alpha value is -4.92. The van der Waals surface area contributed by atoms with Crippen LogP contribution in [0.1, 0.15) is 20.3 Å². The monoisotopic (exact) mass is 488 g/mol. The van der Waals surface area contributed by atoms with Gasteiger partial charge in [0.2, 0.25) is 5.91 Å². The zero-order valence-electron chi connectivity index (χ0n) is 20.4. The highest BCUT2D eigenvalue weighted by atomic mass is 16.1. The summed E-state index contributed by atoms with van der Waals surface area (Å²) in [5, 5.41) is 11.5. The van der Waals surface area contributed by atoms with Gasteiger partial charge in [-0.1, -0.05) is 19.9 Å². The second kappa shape index (κ2) is 9.27. The Bertz CT molecular complexity index is 1740. The fourth-order valence-electron chi connectivity index (χ4n) is 4.41. The molecule has 0 saturated heterocycles. The summed E-state index contributed by atoms with van der Waals surface area (Å²) in [6.07, 6.45) is 11.0.